The van der Waals surface area contributed by atoms with Crippen LogP contribution in [0.15, 0.2) is 18.2 Å². The summed E-state index contributed by atoms with van der Waals surface area (Å²) in [5, 5.41) is 0. The van der Waals surface area contributed by atoms with E-state index < -0.39 is 11.7 Å². The lowest BCUT2D eigenvalue weighted by molar-refractivity contribution is -0.137. The molecule has 1 aliphatic rings. The first-order valence-corrected chi connectivity index (χ1v) is 7.02. The zero-order chi connectivity index (χ0) is 15.8. The second-order valence-electron chi connectivity index (χ2n) is 5.96. The van der Waals surface area contributed by atoms with E-state index in [1.165, 1.54) is 6.07 Å². The minimum Gasteiger partial charge on any atom is -0.377 e. The molecule has 0 spiro atoms. The maximum absolute atomic E-state index is 13.0. The molecule has 1 aliphatic heterocycles. The highest BCUT2D eigenvalue weighted by Crippen LogP contribution is 2.41. The standard InChI is InChI=1S/C15H22F3N3/c1-20(2)13-5-4-11(15(16,17)18)7-12(13)14-6-10(8-19)9-21(14)3/h4-5,7,10,14H,6,8-9,19H2,1-3H3. The molecule has 2 N–H and O–H groups in total. The molecule has 21 heavy (non-hydrogen) atoms. The van der Waals surface area contributed by atoms with Crippen LogP contribution in [0, 0.1) is 5.92 Å². The van der Waals surface area contributed by atoms with Crippen molar-refractivity contribution in [3.63, 3.8) is 0 Å². The zero-order valence-corrected chi connectivity index (χ0v) is 12.6. The number of likely N-dealkylation sites (tertiary alicyclic amines) is 1. The van der Waals surface area contributed by atoms with E-state index in [1.54, 1.807) is 6.07 Å². The number of nitrogens with zero attached hydrogens (tertiary/aromatic N) is 2. The van der Waals surface area contributed by atoms with E-state index in [1.807, 2.05) is 26.0 Å². The van der Waals surface area contributed by atoms with Gasteiger partial charge in [0.15, 0.2) is 0 Å². The van der Waals surface area contributed by atoms with Gasteiger partial charge in [0.05, 0.1) is 5.56 Å². The molecular weight excluding hydrogens is 279 g/mol. The molecule has 2 rings (SSSR count). The molecule has 1 aromatic carbocycles. The minimum absolute atomic E-state index is 0.0155. The Balaban J connectivity index is 2.44. The molecule has 0 aromatic heterocycles. The molecule has 6 heteroatoms. The van der Waals surface area contributed by atoms with Crippen LogP contribution in [0.3, 0.4) is 0 Å². The van der Waals surface area contributed by atoms with Gasteiger partial charge in [-0.3, -0.25) is 4.90 Å². The van der Waals surface area contributed by atoms with Crippen molar-refractivity contribution < 1.29 is 13.2 Å². The summed E-state index contributed by atoms with van der Waals surface area (Å²) in [6.07, 6.45) is -3.51. The summed E-state index contributed by atoms with van der Waals surface area (Å²) in [6, 6.07) is 3.98. The lowest BCUT2D eigenvalue weighted by Gasteiger charge is -2.26. The van der Waals surface area contributed by atoms with Crippen LogP contribution >= 0.6 is 0 Å². The number of halogens is 3. The van der Waals surface area contributed by atoms with Gasteiger partial charge in [-0.2, -0.15) is 13.2 Å². The third kappa shape index (κ3) is 3.32. The average molecular weight is 301 g/mol. The molecule has 0 radical (unpaired) electrons. The van der Waals surface area contributed by atoms with Gasteiger partial charge in [0, 0.05) is 32.4 Å². The molecule has 118 valence electrons. The van der Waals surface area contributed by atoms with Gasteiger partial charge in [-0.25, -0.2) is 0 Å². The molecule has 1 heterocycles. The monoisotopic (exact) mass is 301 g/mol. The Labute approximate surface area is 123 Å². The van der Waals surface area contributed by atoms with E-state index in [2.05, 4.69) is 4.90 Å². The van der Waals surface area contributed by atoms with Gasteiger partial charge < -0.3 is 10.6 Å². The molecular formula is C15H22F3N3. The summed E-state index contributed by atoms with van der Waals surface area (Å²) in [6.45, 7) is 1.39. The van der Waals surface area contributed by atoms with Crippen molar-refractivity contribution in [1.82, 2.24) is 4.90 Å². The third-order valence-corrected chi connectivity index (χ3v) is 4.16. The lowest BCUT2D eigenvalue weighted by atomic mass is 9.96. The molecule has 0 saturated carbocycles. The first kappa shape index (κ1) is 16.1. The fourth-order valence-corrected chi connectivity index (χ4v) is 3.04. The smallest absolute Gasteiger partial charge is 0.377 e. The molecule has 1 saturated heterocycles. The maximum atomic E-state index is 13.0. The summed E-state index contributed by atoms with van der Waals surface area (Å²) in [5.41, 5.74) is 6.69. The van der Waals surface area contributed by atoms with Gasteiger partial charge in [0.25, 0.3) is 0 Å². The van der Waals surface area contributed by atoms with Crippen LogP contribution in [0.25, 0.3) is 0 Å². The molecule has 2 unspecified atom stereocenters. The van der Waals surface area contributed by atoms with Crippen LogP contribution in [-0.4, -0.2) is 39.1 Å². The van der Waals surface area contributed by atoms with E-state index >= 15 is 0 Å². The van der Waals surface area contributed by atoms with Crippen LogP contribution in [-0.2, 0) is 6.18 Å². The Hall–Kier alpha value is -1.27. The Morgan fingerprint density at radius 3 is 2.48 bits per heavy atom. The Morgan fingerprint density at radius 2 is 2.00 bits per heavy atom. The van der Waals surface area contributed by atoms with Crippen LogP contribution in [0.5, 0.6) is 0 Å². The summed E-state index contributed by atoms with van der Waals surface area (Å²) >= 11 is 0. The molecule has 1 aromatic rings. The predicted molar refractivity (Wildman–Crippen MR) is 78.3 cm³/mol. The Kier molecular flexibility index (Phi) is 4.49. The molecule has 0 amide bonds. The predicted octanol–water partition coefficient (Wildman–Crippen LogP) is 2.72. The van der Waals surface area contributed by atoms with Gasteiger partial charge >= 0.3 is 6.18 Å². The SMILES string of the molecule is CN(C)c1ccc(C(F)(F)F)cc1C1CC(CN)CN1C. The highest BCUT2D eigenvalue weighted by molar-refractivity contribution is 5.56. The van der Waals surface area contributed by atoms with E-state index in [4.69, 9.17) is 5.73 Å². The first-order valence-electron chi connectivity index (χ1n) is 7.02. The second kappa shape index (κ2) is 5.85. The highest BCUT2D eigenvalue weighted by atomic mass is 19.4. The third-order valence-electron chi connectivity index (χ3n) is 4.16. The average Bonchev–Trinajstić information content (AvgIpc) is 2.78. The lowest BCUT2D eigenvalue weighted by Crippen LogP contribution is -2.22. The van der Waals surface area contributed by atoms with E-state index in [9.17, 15) is 13.2 Å². The van der Waals surface area contributed by atoms with Gasteiger partial charge in [-0.1, -0.05) is 0 Å². The van der Waals surface area contributed by atoms with Crippen LogP contribution in [0.1, 0.15) is 23.6 Å². The Morgan fingerprint density at radius 1 is 1.33 bits per heavy atom. The van der Waals surface area contributed by atoms with Crippen LogP contribution < -0.4 is 10.6 Å². The van der Waals surface area contributed by atoms with E-state index in [0.29, 0.717) is 12.5 Å². The molecule has 0 bridgehead atoms. The highest BCUT2D eigenvalue weighted by Gasteiger charge is 2.35. The van der Waals surface area contributed by atoms with E-state index in [0.717, 1.165) is 30.3 Å². The van der Waals surface area contributed by atoms with Crippen LogP contribution in [0.2, 0.25) is 0 Å². The normalized spacial score (nSPS) is 23.6. The molecule has 0 aliphatic carbocycles. The number of alkyl halides is 3. The van der Waals surface area contributed by atoms with Gasteiger partial charge in [-0.05, 0) is 49.7 Å². The topological polar surface area (TPSA) is 32.5 Å². The van der Waals surface area contributed by atoms with Crippen molar-refractivity contribution in [1.29, 1.82) is 0 Å². The first-order chi connectivity index (χ1) is 9.74. The summed E-state index contributed by atoms with van der Waals surface area (Å²) < 4.78 is 38.9. The summed E-state index contributed by atoms with van der Waals surface area (Å²) in [7, 11) is 5.64. The molecule has 3 nitrogen and oxygen atoms in total. The number of anilines is 1. The van der Waals surface area contributed by atoms with Crippen LogP contribution in [0.4, 0.5) is 18.9 Å². The Bertz CT molecular complexity index is 499. The summed E-state index contributed by atoms with van der Waals surface area (Å²) in [5.74, 6) is 0.338. The van der Waals surface area contributed by atoms with Crippen molar-refractivity contribution in [2.45, 2.75) is 18.6 Å². The van der Waals surface area contributed by atoms with Crippen molar-refractivity contribution in [2.75, 3.05) is 39.1 Å². The largest absolute Gasteiger partial charge is 0.416 e. The van der Waals surface area contributed by atoms with Crippen molar-refractivity contribution in [3.05, 3.63) is 29.3 Å². The van der Waals surface area contributed by atoms with Gasteiger partial charge in [0.2, 0.25) is 0 Å². The summed E-state index contributed by atoms with van der Waals surface area (Å²) in [4.78, 5) is 3.96. The second-order valence-corrected chi connectivity index (χ2v) is 5.96. The van der Waals surface area contributed by atoms with Gasteiger partial charge in [-0.15, -0.1) is 0 Å². The zero-order valence-electron chi connectivity index (χ0n) is 12.6. The fourth-order valence-electron chi connectivity index (χ4n) is 3.04. The van der Waals surface area contributed by atoms with Crippen molar-refractivity contribution in [3.8, 4) is 0 Å². The molecule has 1 fully saturated rings. The number of hydrogen-bond donors (Lipinski definition) is 1. The molecule has 2 atom stereocenters. The fraction of sp³-hybridized carbons (Fsp3) is 0.600. The number of nitrogens with two attached hydrogens (primary N) is 1. The quantitative estimate of drug-likeness (QED) is 0.932. The number of benzene rings is 1. The van der Waals surface area contributed by atoms with Crippen molar-refractivity contribution in [2.24, 2.45) is 11.7 Å². The van der Waals surface area contributed by atoms with E-state index in [-0.39, 0.29) is 6.04 Å². The van der Waals surface area contributed by atoms with Crippen molar-refractivity contribution >= 4 is 5.69 Å². The number of rotatable bonds is 3. The minimum atomic E-state index is -4.32. The maximum Gasteiger partial charge on any atom is 0.416 e. The van der Waals surface area contributed by atoms with Gasteiger partial charge in [0.1, 0.15) is 0 Å². The number of hydrogen-bond acceptors (Lipinski definition) is 3.